The van der Waals surface area contributed by atoms with Crippen molar-refractivity contribution in [3.63, 3.8) is 0 Å². The van der Waals surface area contributed by atoms with E-state index >= 15 is 0 Å². The molecule has 0 amide bonds. The largest absolute Gasteiger partial charge is 0.481 e. The fraction of sp³-hybridized carbons (Fsp3) is 0.643. The zero-order chi connectivity index (χ0) is 15.3. The lowest BCUT2D eigenvalue weighted by Gasteiger charge is -2.33. The van der Waals surface area contributed by atoms with Crippen LogP contribution in [0, 0.1) is 0 Å². The molecule has 1 aliphatic rings. The predicted molar refractivity (Wildman–Crippen MR) is 88.1 cm³/mol. The number of hydrogen-bond donors (Lipinski definition) is 1. The van der Waals surface area contributed by atoms with E-state index in [1.165, 1.54) is 13.3 Å². The normalized spacial score (nSPS) is 16.3. The molecule has 1 aromatic heterocycles. The van der Waals surface area contributed by atoms with Gasteiger partial charge in [0, 0.05) is 18.7 Å². The van der Waals surface area contributed by atoms with E-state index in [9.17, 15) is 8.42 Å². The van der Waals surface area contributed by atoms with Crippen molar-refractivity contribution in [2.24, 2.45) is 0 Å². The highest BCUT2D eigenvalue weighted by Crippen LogP contribution is 2.23. The van der Waals surface area contributed by atoms with Crippen LogP contribution in [0.1, 0.15) is 26.2 Å². The summed E-state index contributed by atoms with van der Waals surface area (Å²) < 4.78 is 32.3. The molecular formula is C14H24ClN3O3S. The fourth-order valence-corrected chi connectivity index (χ4v) is 4.31. The van der Waals surface area contributed by atoms with E-state index in [4.69, 9.17) is 4.74 Å². The van der Waals surface area contributed by atoms with Crippen molar-refractivity contribution < 1.29 is 13.2 Å². The minimum atomic E-state index is -3.50. The van der Waals surface area contributed by atoms with E-state index in [2.05, 4.69) is 10.3 Å². The molecule has 126 valence electrons. The zero-order valence-electron chi connectivity index (χ0n) is 13.0. The van der Waals surface area contributed by atoms with Gasteiger partial charge in [-0.05, 0) is 38.4 Å². The summed E-state index contributed by atoms with van der Waals surface area (Å²) in [5, 5.41) is 3.27. The minimum Gasteiger partial charge on any atom is -0.481 e. The highest BCUT2D eigenvalue weighted by Gasteiger charge is 2.31. The average molecular weight is 350 g/mol. The molecule has 0 radical (unpaired) electrons. The molecule has 0 bridgehead atoms. The number of sulfonamides is 1. The van der Waals surface area contributed by atoms with E-state index < -0.39 is 10.0 Å². The second kappa shape index (κ2) is 8.67. The first kappa shape index (κ1) is 19.2. The number of pyridine rings is 1. The molecule has 2 rings (SSSR count). The van der Waals surface area contributed by atoms with Gasteiger partial charge < -0.3 is 10.1 Å². The number of nitrogens with zero attached hydrogens (tertiary/aromatic N) is 2. The van der Waals surface area contributed by atoms with Gasteiger partial charge in [0.15, 0.2) is 0 Å². The maximum atomic E-state index is 12.8. The van der Waals surface area contributed by atoms with Crippen molar-refractivity contribution in [3.05, 3.63) is 18.3 Å². The van der Waals surface area contributed by atoms with Crippen LogP contribution in [0.2, 0.25) is 0 Å². The molecule has 1 aliphatic heterocycles. The number of rotatable bonds is 6. The average Bonchev–Trinajstić information content (AvgIpc) is 2.53. The quantitative estimate of drug-likeness (QED) is 0.845. The van der Waals surface area contributed by atoms with Crippen LogP contribution in [0.5, 0.6) is 5.88 Å². The molecule has 0 unspecified atom stereocenters. The highest BCUT2D eigenvalue weighted by atomic mass is 35.5. The van der Waals surface area contributed by atoms with Gasteiger partial charge in [-0.3, -0.25) is 0 Å². The molecule has 8 heteroatoms. The summed E-state index contributed by atoms with van der Waals surface area (Å²) in [5.74, 6) is 0.415. The maximum Gasteiger partial charge on any atom is 0.244 e. The summed E-state index contributed by atoms with van der Waals surface area (Å²) in [6.07, 6.45) is 3.87. The molecule has 0 saturated carbocycles. The first-order chi connectivity index (χ1) is 10.1. The lowest BCUT2D eigenvalue weighted by molar-refractivity contribution is 0.262. The number of nitrogens with one attached hydrogen (secondary N) is 1. The number of piperidine rings is 1. The molecule has 0 atom stereocenters. The first-order valence-corrected chi connectivity index (χ1v) is 8.76. The molecule has 1 aromatic rings. The summed E-state index contributed by atoms with van der Waals surface area (Å²) in [6.45, 7) is 4.26. The van der Waals surface area contributed by atoms with Crippen molar-refractivity contribution in [2.45, 2.75) is 37.1 Å². The van der Waals surface area contributed by atoms with Crippen LogP contribution in [-0.4, -0.2) is 50.5 Å². The standard InChI is InChI=1S/C14H23N3O3S.ClH/c1-3-10-17(12-6-8-15-9-7-12)21(18,19)13-4-5-14(20-2)16-11-13;/h4-5,11-12,15H,3,6-10H2,1-2H3;1H. The summed E-state index contributed by atoms with van der Waals surface area (Å²) in [6, 6.07) is 3.21. The lowest BCUT2D eigenvalue weighted by atomic mass is 10.1. The highest BCUT2D eigenvalue weighted by molar-refractivity contribution is 7.89. The Hall–Kier alpha value is -0.890. The minimum absolute atomic E-state index is 0. The van der Waals surface area contributed by atoms with Crippen LogP contribution in [0.4, 0.5) is 0 Å². The molecule has 1 N–H and O–H groups in total. The molecular weight excluding hydrogens is 326 g/mol. The van der Waals surface area contributed by atoms with Gasteiger partial charge in [0.1, 0.15) is 4.90 Å². The third kappa shape index (κ3) is 4.32. The molecule has 0 aromatic carbocycles. The molecule has 0 aliphatic carbocycles. The number of hydrogen-bond acceptors (Lipinski definition) is 5. The van der Waals surface area contributed by atoms with Gasteiger partial charge in [0.05, 0.1) is 13.3 Å². The predicted octanol–water partition coefficient (Wildman–Crippen LogP) is 1.66. The van der Waals surface area contributed by atoms with Crippen LogP contribution in [-0.2, 0) is 10.0 Å². The Morgan fingerprint density at radius 1 is 1.36 bits per heavy atom. The number of methoxy groups -OCH3 is 1. The van der Waals surface area contributed by atoms with Gasteiger partial charge in [-0.25, -0.2) is 13.4 Å². The molecule has 6 nitrogen and oxygen atoms in total. The summed E-state index contributed by atoms with van der Waals surface area (Å²) in [4.78, 5) is 4.24. The van der Waals surface area contributed by atoms with Gasteiger partial charge in [-0.15, -0.1) is 12.4 Å². The van der Waals surface area contributed by atoms with Gasteiger partial charge in [0.2, 0.25) is 15.9 Å². The Labute approximate surface area is 138 Å². The Bertz CT molecular complexity index is 545. The van der Waals surface area contributed by atoms with Gasteiger partial charge in [0.25, 0.3) is 0 Å². The second-order valence-electron chi connectivity index (χ2n) is 5.13. The first-order valence-electron chi connectivity index (χ1n) is 7.32. The maximum absolute atomic E-state index is 12.8. The summed E-state index contributed by atoms with van der Waals surface area (Å²) >= 11 is 0. The molecule has 1 fully saturated rings. The number of halogens is 1. The Kier molecular flexibility index (Phi) is 7.55. The van der Waals surface area contributed by atoms with Crippen molar-refractivity contribution in [2.75, 3.05) is 26.7 Å². The second-order valence-corrected chi connectivity index (χ2v) is 7.02. The van der Waals surface area contributed by atoms with E-state index in [1.54, 1.807) is 16.4 Å². The van der Waals surface area contributed by atoms with Crippen molar-refractivity contribution >= 4 is 22.4 Å². The third-order valence-corrected chi connectivity index (χ3v) is 5.62. The van der Waals surface area contributed by atoms with Crippen molar-refractivity contribution in [3.8, 4) is 5.88 Å². The lowest BCUT2D eigenvalue weighted by Crippen LogP contribution is -2.46. The fourth-order valence-electron chi connectivity index (χ4n) is 2.59. The third-order valence-electron chi connectivity index (χ3n) is 3.68. The van der Waals surface area contributed by atoms with E-state index in [1.807, 2.05) is 6.92 Å². The van der Waals surface area contributed by atoms with Crippen LogP contribution < -0.4 is 10.1 Å². The van der Waals surface area contributed by atoms with Crippen LogP contribution in [0.3, 0.4) is 0 Å². The Balaban J connectivity index is 0.00000242. The summed E-state index contributed by atoms with van der Waals surface area (Å²) in [7, 11) is -1.99. The van der Waals surface area contributed by atoms with Gasteiger partial charge >= 0.3 is 0 Å². The van der Waals surface area contributed by atoms with Gasteiger partial charge in [-0.2, -0.15) is 4.31 Å². The molecule has 0 spiro atoms. The van der Waals surface area contributed by atoms with Crippen molar-refractivity contribution in [1.82, 2.24) is 14.6 Å². The Morgan fingerprint density at radius 2 is 2.05 bits per heavy atom. The number of ether oxygens (including phenoxy) is 1. The van der Waals surface area contributed by atoms with Gasteiger partial charge in [-0.1, -0.05) is 6.92 Å². The van der Waals surface area contributed by atoms with Crippen LogP contribution in [0.15, 0.2) is 23.2 Å². The van der Waals surface area contributed by atoms with E-state index in [-0.39, 0.29) is 23.3 Å². The van der Waals surface area contributed by atoms with Crippen LogP contribution in [0.25, 0.3) is 0 Å². The summed E-state index contributed by atoms with van der Waals surface area (Å²) in [5.41, 5.74) is 0. The van der Waals surface area contributed by atoms with E-state index in [0.29, 0.717) is 12.4 Å². The van der Waals surface area contributed by atoms with E-state index in [0.717, 1.165) is 32.4 Å². The molecule has 2 heterocycles. The molecule has 22 heavy (non-hydrogen) atoms. The molecule has 1 saturated heterocycles. The van der Waals surface area contributed by atoms with Crippen molar-refractivity contribution in [1.29, 1.82) is 0 Å². The van der Waals surface area contributed by atoms with Crippen LogP contribution >= 0.6 is 12.4 Å². The Morgan fingerprint density at radius 3 is 2.55 bits per heavy atom. The topological polar surface area (TPSA) is 71.5 Å². The zero-order valence-corrected chi connectivity index (χ0v) is 14.6. The smallest absolute Gasteiger partial charge is 0.244 e. The SMILES string of the molecule is CCCN(C1CCNCC1)S(=O)(=O)c1ccc(OC)nc1.Cl. The number of aromatic nitrogens is 1. The monoisotopic (exact) mass is 349 g/mol.